The largest absolute Gasteiger partial charge is 0.453 e. The molecule has 1 aliphatic carbocycles. The van der Waals surface area contributed by atoms with Gasteiger partial charge in [-0.15, -0.1) is 0 Å². The molecule has 1 atom stereocenters. The third kappa shape index (κ3) is 5.85. The third-order valence-corrected chi connectivity index (χ3v) is 5.10. The lowest BCUT2D eigenvalue weighted by molar-refractivity contribution is -0.692. The Kier molecular flexibility index (Phi) is 7.44. The highest BCUT2D eigenvalue weighted by Crippen LogP contribution is 2.33. The summed E-state index contributed by atoms with van der Waals surface area (Å²) in [6.45, 7) is 4.49. The van der Waals surface area contributed by atoms with Crippen LogP contribution in [0, 0.1) is 5.92 Å². The Morgan fingerprint density at radius 3 is 2.36 bits per heavy atom. The summed E-state index contributed by atoms with van der Waals surface area (Å²) in [6, 6.07) is 9.09. The monoisotopic (exact) mass is 347 g/mol. The number of hydrogen-bond donors (Lipinski definition) is 2. The summed E-state index contributed by atoms with van der Waals surface area (Å²) in [5.74, 6) is 0.748. The summed E-state index contributed by atoms with van der Waals surface area (Å²) >= 11 is 0. The van der Waals surface area contributed by atoms with Crippen LogP contribution in [0.2, 0.25) is 0 Å². The highest BCUT2D eigenvalue weighted by atomic mass is 16.5. The minimum absolute atomic E-state index is 0.184. The third-order valence-electron chi connectivity index (χ3n) is 5.10. The van der Waals surface area contributed by atoms with Gasteiger partial charge in [0.05, 0.1) is 7.11 Å². The molecule has 5 nitrogen and oxygen atoms in total. The van der Waals surface area contributed by atoms with Gasteiger partial charge in [-0.3, -0.25) is 10.1 Å². The van der Waals surface area contributed by atoms with E-state index in [1.54, 1.807) is 0 Å². The van der Waals surface area contributed by atoms with E-state index in [4.69, 9.17) is 0 Å². The molecular weight excluding hydrogens is 316 g/mol. The summed E-state index contributed by atoms with van der Waals surface area (Å²) in [5.41, 5.74) is 2.66. The Bertz CT molecular complexity index is 563. The fourth-order valence-electron chi connectivity index (χ4n) is 3.67. The number of imide groups is 1. The van der Waals surface area contributed by atoms with Crippen LogP contribution >= 0.6 is 0 Å². The molecule has 138 valence electrons. The van der Waals surface area contributed by atoms with E-state index in [1.807, 2.05) is 5.32 Å². The Balaban J connectivity index is 1.97. The van der Waals surface area contributed by atoms with E-state index in [0.717, 1.165) is 0 Å². The maximum atomic E-state index is 11.8. The molecule has 0 aromatic heterocycles. The molecule has 0 aliphatic heterocycles. The second-order valence-corrected chi connectivity index (χ2v) is 7.25. The number of alkyl carbamates (subject to hydrolysis) is 1. The lowest BCUT2D eigenvalue weighted by Gasteiger charge is -2.23. The normalized spacial score (nSPS) is 16.5. The molecule has 2 rings (SSSR count). The van der Waals surface area contributed by atoms with Gasteiger partial charge in [0, 0.05) is 11.5 Å². The first-order valence-corrected chi connectivity index (χ1v) is 9.32. The molecular formula is C20H31N2O3+. The van der Waals surface area contributed by atoms with Crippen LogP contribution in [0.1, 0.15) is 69.0 Å². The van der Waals surface area contributed by atoms with Crippen LogP contribution in [-0.2, 0) is 9.53 Å². The van der Waals surface area contributed by atoms with Crippen LogP contribution in [0.5, 0.6) is 0 Å². The van der Waals surface area contributed by atoms with Crippen LogP contribution in [0.3, 0.4) is 0 Å². The molecule has 5 heteroatoms. The second-order valence-electron chi connectivity index (χ2n) is 7.25. The maximum Gasteiger partial charge on any atom is 0.413 e. The van der Waals surface area contributed by atoms with E-state index in [2.05, 4.69) is 48.2 Å². The number of amides is 2. The molecule has 1 aliphatic rings. The van der Waals surface area contributed by atoms with Gasteiger partial charge in [0.2, 0.25) is 0 Å². The van der Waals surface area contributed by atoms with Crippen molar-refractivity contribution in [2.24, 2.45) is 5.92 Å². The average Bonchev–Trinajstić information content (AvgIpc) is 2.62. The van der Waals surface area contributed by atoms with Gasteiger partial charge in [-0.05, 0) is 24.3 Å². The highest BCUT2D eigenvalue weighted by molar-refractivity contribution is 5.92. The molecule has 1 aromatic carbocycles. The molecule has 1 saturated carbocycles. The molecule has 0 spiro atoms. The molecule has 0 radical (unpaired) electrons. The molecule has 0 saturated heterocycles. The standard InChI is InChI=1S/C20H30N2O3/c1-14(2)19(21-13-18(23)22-20(24)25-3)17-11-9-16(10-12-17)15-7-5-4-6-8-15/h9-12,14-15,19,21H,4-8,13H2,1-3H3,(H,22,23,24)/p+1/t19-/m1/s1. The first-order chi connectivity index (χ1) is 12.0. The highest BCUT2D eigenvalue weighted by Gasteiger charge is 2.22. The van der Waals surface area contributed by atoms with Crippen molar-refractivity contribution < 1.29 is 19.6 Å². The molecule has 3 N–H and O–H groups in total. The minimum Gasteiger partial charge on any atom is -0.453 e. The summed E-state index contributed by atoms with van der Waals surface area (Å²) < 4.78 is 4.45. The van der Waals surface area contributed by atoms with Crippen LogP contribution in [0.4, 0.5) is 4.79 Å². The minimum atomic E-state index is -0.712. The first kappa shape index (κ1) is 19.4. The predicted molar refractivity (Wildman–Crippen MR) is 97.2 cm³/mol. The van der Waals surface area contributed by atoms with E-state index < -0.39 is 6.09 Å². The summed E-state index contributed by atoms with van der Waals surface area (Å²) in [7, 11) is 1.25. The van der Waals surface area contributed by atoms with Gasteiger partial charge in [0.25, 0.3) is 5.91 Å². The number of methoxy groups -OCH3 is 1. The van der Waals surface area contributed by atoms with Crippen molar-refractivity contribution in [3.8, 4) is 0 Å². The number of rotatable bonds is 6. The van der Waals surface area contributed by atoms with Crippen molar-refractivity contribution in [1.82, 2.24) is 5.32 Å². The fourth-order valence-corrected chi connectivity index (χ4v) is 3.67. The Morgan fingerprint density at radius 2 is 1.80 bits per heavy atom. The lowest BCUT2D eigenvalue weighted by Crippen LogP contribution is -2.88. The van der Waals surface area contributed by atoms with E-state index in [9.17, 15) is 9.59 Å². The Labute approximate surface area is 150 Å². The first-order valence-electron chi connectivity index (χ1n) is 9.32. The van der Waals surface area contributed by atoms with Gasteiger partial charge in [0.15, 0.2) is 6.54 Å². The molecule has 25 heavy (non-hydrogen) atoms. The van der Waals surface area contributed by atoms with Crippen molar-refractivity contribution in [1.29, 1.82) is 0 Å². The maximum absolute atomic E-state index is 11.8. The van der Waals surface area contributed by atoms with Crippen LogP contribution in [0.15, 0.2) is 24.3 Å². The quantitative estimate of drug-likeness (QED) is 0.831. The van der Waals surface area contributed by atoms with E-state index in [-0.39, 0.29) is 18.5 Å². The van der Waals surface area contributed by atoms with Crippen molar-refractivity contribution >= 4 is 12.0 Å². The Hall–Kier alpha value is -1.88. The topological polar surface area (TPSA) is 72.0 Å². The van der Waals surface area contributed by atoms with Crippen LogP contribution in [0.25, 0.3) is 0 Å². The molecule has 0 unspecified atom stereocenters. The van der Waals surface area contributed by atoms with Crippen molar-refractivity contribution in [3.63, 3.8) is 0 Å². The van der Waals surface area contributed by atoms with Gasteiger partial charge in [-0.1, -0.05) is 57.4 Å². The molecule has 2 amide bonds. The van der Waals surface area contributed by atoms with Crippen LogP contribution < -0.4 is 10.6 Å². The Morgan fingerprint density at radius 1 is 1.16 bits per heavy atom. The van der Waals surface area contributed by atoms with Crippen LogP contribution in [-0.4, -0.2) is 25.7 Å². The number of nitrogens with one attached hydrogen (secondary N) is 1. The van der Waals surface area contributed by atoms with Gasteiger partial charge >= 0.3 is 6.09 Å². The second kappa shape index (κ2) is 9.56. The number of hydrogen-bond acceptors (Lipinski definition) is 3. The predicted octanol–water partition coefficient (Wildman–Crippen LogP) is 2.88. The molecule has 0 heterocycles. The summed E-state index contributed by atoms with van der Waals surface area (Å²) in [4.78, 5) is 22.9. The number of carbonyl (C=O) groups is 2. The summed E-state index contributed by atoms with van der Waals surface area (Å²) in [5, 5.41) is 4.18. The lowest BCUT2D eigenvalue weighted by atomic mass is 9.83. The van der Waals surface area contributed by atoms with Gasteiger partial charge in [-0.25, -0.2) is 4.79 Å². The van der Waals surface area contributed by atoms with Gasteiger partial charge in [0.1, 0.15) is 6.04 Å². The fraction of sp³-hybridized carbons (Fsp3) is 0.600. The van der Waals surface area contributed by atoms with E-state index in [0.29, 0.717) is 11.8 Å². The van der Waals surface area contributed by atoms with Crippen molar-refractivity contribution in [3.05, 3.63) is 35.4 Å². The van der Waals surface area contributed by atoms with Crippen molar-refractivity contribution in [2.75, 3.05) is 13.7 Å². The van der Waals surface area contributed by atoms with Crippen molar-refractivity contribution in [2.45, 2.75) is 57.9 Å². The van der Waals surface area contributed by atoms with E-state index in [1.165, 1.54) is 50.3 Å². The number of benzene rings is 1. The zero-order chi connectivity index (χ0) is 18.2. The SMILES string of the molecule is COC(=O)NC(=O)C[NH2+][C@@H](c1ccc(C2CCCCC2)cc1)C(C)C. The number of carbonyl (C=O) groups excluding carboxylic acids is 2. The smallest absolute Gasteiger partial charge is 0.413 e. The average molecular weight is 347 g/mol. The van der Waals surface area contributed by atoms with Gasteiger partial charge in [-0.2, -0.15) is 0 Å². The molecule has 1 fully saturated rings. The number of quaternary nitrogens is 1. The van der Waals surface area contributed by atoms with E-state index >= 15 is 0 Å². The molecule has 0 bridgehead atoms. The zero-order valence-electron chi connectivity index (χ0n) is 15.6. The summed E-state index contributed by atoms with van der Waals surface area (Å²) in [6.07, 6.45) is 5.93. The number of ether oxygens (including phenoxy) is 1. The zero-order valence-corrected chi connectivity index (χ0v) is 15.6. The molecule has 1 aromatic rings. The van der Waals surface area contributed by atoms with Gasteiger partial charge < -0.3 is 10.1 Å². The number of nitrogens with two attached hydrogens (primary N) is 1.